The molecule has 7 nitrogen and oxygen atoms in total. The standard InChI is InChI=1S/C22H25N4O3PS/c1-3-28-30(27,29-4-2)22(18-13-9-6-10-14-18)26-20(24)19(15-23)21(25-26)31-16-17-11-7-5-8-12-17/h5-14,22H,3-4,16,24H2,1-2H3. The van der Waals surface area contributed by atoms with Crippen LogP contribution in [0.25, 0.3) is 0 Å². The van der Waals surface area contributed by atoms with E-state index in [1.807, 2.05) is 60.7 Å². The molecule has 0 aliphatic heterocycles. The van der Waals surface area contributed by atoms with Gasteiger partial charge in [0.2, 0.25) is 0 Å². The van der Waals surface area contributed by atoms with Gasteiger partial charge in [-0.2, -0.15) is 10.4 Å². The molecule has 2 aromatic carbocycles. The van der Waals surface area contributed by atoms with Crippen LogP contribution in [0.1, 0.15) is 36.3 Å². The lowest BCUT2D eigenvalue weighted by atomic mass is 10.2. The maximum atomic E-state index is 13.8. The van der Waals surface area contributed by atoms with Crippen LogP contribution in [0.2, 0.25) is 0 Å². The topological polar surface area (TPSA) is 103 Å². The number of anilines is 1. The lowest BCUT2D eigenvalue weighted by Gasteiger charge is -2.27. The van der Waals surface area contributed by atoms with Gasteiger partial charge < -0.3 is 14.8 Å². The largest absolute Gasteiger partial charge is 0.383 e. The zero-order valence-corrected chi connectivity index (χ0v) is 19.2. The smallest absolute Gasteiger partial charge is 0.359 e. The lowest BCUT2D eigenvalue weighted by Crippen LogP contribution is -2.18. The van der Waals surface area contributed by atoms with Gasteiger partial charge in [-0.15, -0.1) is 0 Å². The maximum Gasteiger partial charge on any atom is 0.359 e. The van der Waals surface area contributed by atoms with Gasteiger partial charge in [-0.25, -0.2) is 4.68 Å². The Kier molecular flexibility index (Phi) is 7.94. The SMILES string of the molecule is CCOP(=O)(OCC)C(c1ccccc1)n1nc(SCc2ccccc2)c(C#N)c1N. The number of aromatic nitrogens is 2. The van der Waals surface area contributed by atoms with Crippen molar-refractivity contribution in [3.05, 3.63) is 77.4 Å². The predicted octanol–water partition coefficient (Wildman–Crippen LogP) is 5.44. The highest BCUT2D eigenvalue weighted by molar-refractivity contribution is 7.98. The van der Waals surface area contributed by atoms with Crippen molar-refractivity contribution in [1.29, 1.82) is 5.26 Å². The first kappa shape index (κ1) is 23.1. The number of hydrogen-bond acceptors (Lipinski definition) is 7. The second kappa shape index (κ2) is 10.7. The van der Waals surface area contributed by atoms with Crippen molar-refractivity contribution in [2.45, 2.75) is 30.4 Å². The number of nitriles is 1. The van der Waals surface area contributed by atoms with Gasteiger partial charge in [0.1, 0.15) is 22.5 Å². The third-order valence-electron chi connectivity index (χ3n) is 4.49. The molecule has 3 rings (SSSR count). The van der Waals surface area contributed by atoms with E-state index in [1.165, 1.54) is 16.4 Å². The molecule has 0 spiro atoms. The van der Waals surface area contributed by atoms with Crippen molar-refractivity contribution < 1.29 is 13.6 Å². The molecule has 0 aliphatic rings. The van der Waals surface area contributed by atoms with Crippen LogP contribution >= 0.6 is 19.4 Å². The van der Waals surface area contributed by atoms with Crippen LogP contribution in [-0.2, 0) is 19.4 Å². The van der Waals surface area contributed by atoms with Crippen LogP contribution in [0.15, 0.2) is 65.7 Å². The van der Waals surface area contributed by atoms with Crippen LogP contribution < -0.4 is 5.73 Å². The van der Waals surface area contributed by atoms with Crippen molar-refractivity contribution >= 4 is 25.2 Å². The van der Waals surface area contributed by atoms with Crippen LogP contribution in [0.5, 0.6) is 0 Å². The first-order valence-electron chi connectivity index (χ1n) is 9.92. The normalized spacial score (nSPS) is 12.4. The number of hydrogen-bond donors (Lipinski definition) is 1. The Morgan fingerprint density at radius 1 is 1.10 bits per heavy atom. The maximum absolute atomic E-state index is 13.8. The lowest BCUT2D eigenvalue weighted by molar-refractivity contribution is 0.207. The summed E-state index contributed by atoms with van der Waals surface area (Å²) in [6.45, 7) is 3.90. The van der Waals surface area contributed by atoms with E-state index in [-0.39, 0.29) is 24.6 Å². The monoisotopic (exact) mass is 456 g/mol. The Hall–Kier alpha value is -2.56. The molecule has 1 aromatic heterocycles. The number of nitrogens with two attached hydrogens (primary N) is 1. The minimum atomic E-state index is -3.69. The zero-order valence-electron chi connectivity index (χ0n) is 17.5. The van der Waals surface area contributed by atoms with E-state index < -0.39 is 13.4 Å². The number of nitrogens with zero attached hydrogens (tertiary/aromatic N) is 3. The summed E-state index contributed by atoms with van der Waals surface area (Å²) in [7, 11) is -3.69. The van der Waals surface area contributed by atoms with E-state index in [4.69, 9.17) is 14.8 Å². The molecule has 1 heterocycles. The Morgan fingerprint density at radius 3 is 2.23 bits per heavy atom. The molecule has 0 aliphatic carbocycles. The Balaban J connectivity index is 2.08. The van der Waals surface area contributed by atoms with Gasteiger partial charge in [0, 0.05) is 5.75 Å². The Morgan fingerprint density at radius 2 is 1.68 bits per heavy atom. The second-order valence-electron chi connectivity index (χ2n) is 6.56. The Labute approximate surface area is 186 Å². The van der Waals surface area contributed by atoms with Crippen LogP contribution in [0.3, 0.4) is 0 Å². The molecule has 3 aromatic rings. The highest BCUT2D eigenvalue weighted by Gasteiger charge is 2.41. The van der Waals surface area contributed by atoms with Crippen LogP contribution in [-0.4, -0.2) is 23.0 Å². The summed E-state index contributed by atoms with van der Waals surface area (Å²) in [5, 5.41) is 14.8. The third kappa shape index (κ3) is 5.20. The van der Waals surface area contributed by atoms with E-state index in [0.29, 0.717) is 16.3 Å². The number of nitrogen functional groups attached to an aromatic ring is 1. The van der Waals surface area contributed by atoms with Gasteiger partial charge in [-0.05, 0) is 25.0 Å². The third-order valence-corrected chi connectivity index (χ3v) is 7.88. The molecule has 0 fully saturated rings. The average molecular weight is 457 g/mol. The first-order chi connectivity index (χ1) is 15.0. The molecular formula is C22H25N4O3PS. The molecule has 0 bridgehead atoms. The van der Waals surface area contributed by atoms with Crippen molar-refractivity contribution in [2.75, 3.05) is 18.9 Å². The number of benzene rings is 2. The molecule has 1 atom stereocenters. The summed E-state index contributed by atoms with van der Waals surface area (Å²) in [5.41, 5.74) is 8.36. The van der Waals surface area contributed by atoms with Gasteiger partial charge in [-0.1, -0.05) is 72.4 Å². The van der Waals surface area contributed by atoms with Gasteiger partial charge >= 0.3 is 7.60 Å². The van der Waals surface area contributed by atoms with Crippen molar-refractivity contribution in [3.63, 3.8) is 0 Å². The molecule has 9 heteroatoms. The molecule has 162 valence electrons. The highest BCUT2D eigenvalue weighted by Crippen LogP contribution is 2.62. The summed E-state index contributed by atoms with van der Waals surface area (Å²) >= 11 is 1.40. The number of thioether (sulfide) groups is 1. The first-order valence-corrected chi connectivity index (χ1v) is 12.5. The average Bonchev–Trinajstić information content (AvgIpc) is 3.09. The highest BCUT2D eigenvalue weighted by atomic mass is 32.2. The summed E-state index contributed by atoms with van der Waals surface area (Å²) in [4.78, 5) is 0. The van der Waals surface area contributed by atoms with Crippen LogP contribution in [0, 0.1) is 11.3 Å². The molecule has 2 N–H and O–H groups in total. The van der Waals surface area contributed by atoms with Crippen molar-refractivity contribution in [1.82, 2.24) is 9.78 Å². The summed E-state index contributed by atoms with van der Waals surface area (Å²) in [6.07, 6.45) is 0. The van der Waals surface area contributed by atoms with Gasteiger partial charge in [0.15, 0.2) is 5.78 Å². The molecule has 0 saturated carbocycles. The molecule has 0 radical (unpaired) electrons. The summed E-state index contributed by atoms with van der Waals surface area (Å²) < 4.78 is 26.5. The summed E-state index contributed by atoms with van der Waals surface area (Å²) in [6, 6.07) is 21.2. The molecule has 31 heavy (non-hydrogen) atoms. The fraction of sp³-hybridized carbons (Fsp3) is 0.273. The van der Waals surface area contributed by atoms with Gasteiger partial charge in [0.25, 0.3) is 0 Å². The van der Waals surface area contributed by atoms with Crippen LogP contribution in [0.4, 0.5) is 5.82 Å². The van der Waals surface area contributed by atoms with E-state index in [2.05, 4.69) is 11.2 Å². The molecule has 1 unspecified atom stereocenters. The predicted molar refractivity (Wildman–Crippen MR) is 123 cm³/mol. The molecular weight excluding hydrogens is 431 g/mol. The minimum Gasteiger partial charge on any atom is -0.383 e. The van der Waals surface area contributed by atoms with Gasteiger partial charge in [-0.3, -0.25) is 4.57 Å². The van der Waals surface area contributed by atoms with Crippen molar-refractivity contribution in [3.8, 4) is 6.07 Å². The Bertz CT molecular complexity index is 1070. The number of rotatable bonds is 10. The van der Waals surface area contributed by atoms with Gasteiger partial charge in [0.05, 0.1) is 13.2 Å². The fourth-order valence-corrected chi connectivity index (χ4v) is 6.16. The quantitative estimate of drug-likeness (QED) is 0.320. The van der Waals surface area contributed by atoms with Crippen molar-refractivity contribution in [2.24, 2.45) is 0 Å². The zero-order chi connectivity index (χ0) is 22.3. The molecule has 0 saturated heterocycles. The minimum absolute atomic E-state index is 0.131. The molecule has 0 amide bonds. The fourth-order valence-electron chi connectivity index (χ4n) is 3.17. The van der Waals surface area contributed by atoms with E-state index >= 15 is 0 Å². The second-order valence-corrected chi connectivity index (χ2v) is 9.61. The van der Waals surface area contributed by atoms with E-state index in [9.17, 15) is 9.83 Å². The van der Waals surface area contributed by atoms with E-state index in [1.54, 1.807) is 13.8 Å². The van der Waals surface area contributed by atoms with E-state index in [0.717, 1.165) is 5.56 Å². The summed E-state index contributed by atoms with van der Waals surface area (Å²) in [5.74, 6) is -0.158.